The first-order valence-corrected chi connectivity index (χ1v) is 8.35. The second kappa shape index (κ2) is 6.00. The number of carbonyl (C=O) groups excluding carboxylic acids is 2. The summed E-state index contributed by atoms with van der Waals surface area (Å²) >= 11 is 0. The van der Waals surface area contributed by atoms with E-state index in [1.165, 1.54) is 10.5 Å². The van der Waals surface area contributed by atoms with Gasteiger partial charge in [-0.25, -0.2) is 4.79 Å². The van der Waals surface area contributed by atoms with Crippen LogP contribution in [0.3, 0.4) is 0 Å². The molecule has 3 atom stereocenters. The van der Waals surface area contributed by atoms with Crippen LogP contribution in [0.15, 0.2) is 35.6 Å². The third-order valence-electron chi connectivity index (χ3n) is 4.56. The van der Waals surface area contributed by atoms with Gasteiger partial charge in [-0.1, -0.05) is 24.3 Å². The van der Waals surface area contributed by atoms with E-state index in [4.69, 9.17) is 4.74 Å². The second-order valence-electron chi connectivity index (χ2n) is 7.41. The first-order valence-electron chi connectivity index (χ1n) is 8.35. The van der Waals surface area contributed by atoms with Crippen molar-refractivity contribution in [1.82, 2.24) is 15.5 Å². The monoisotopic (exact) mass is 331 g/mol. The quantitative estimate of drug-likeness (QED) is 0.767. The molecule has 2 amide bonds. The molecule has 0 spiro atoms. The lowest BCUT2D eigenvalue weighted by molar-refractivity contribution is -0.126. The number of carbonyl (C=O) groups is 2. The van der Waals surface area contributed by atoms with E-state index >= 15 is 0 Å². The van der Waals surface area contributed by atoms with Gasteiger partial charge in [0, 0.05) is 25.1 Å². The van der Waals surface area contributed by atoms with E-state index in [1.807, 2.05) is 32.9 Å². The van der Waals surface area contributed by atoms with E-state index in [0.29, 0.717) is 13.0 Å². The Hall–Kier alpha value is -2.24. The molecular weight excluding hydrogens is 306 g/mol. The van der Waals surface area contributed by atoms with Crippen LogP contribution < -0.4 is 10.6 Å². The van der Waals surface area contributed by atoms with Gasteiger partial charge in [0.1, 0.15) is 11.6 Å². The van der Waals surface area contributed by atoms with Crippen molar-refractivity contribution in [1.29, 1.82) is 0 Å². The summed E-state index contributed by atoms with van der Waals surface area (Å²) in [4.78, 5) is 26.5. The second-order valence-corrected chi connectivity index (χ2v) is 7.41. The summed E-state index contributed by atoms with van der Waals surface area (Å²) in [5.41, 5.74) is 1.66. The lowest BCUT2D eigenvalue weighted by Gasteiger charge is -2.36. The van der Waals surface area contributed by atoms with Crippen molar-refractivity contribution in [3.63, 3.8) is 0 Å². The van der Waals surface area contributed by atoms with Crippen LogP contribution in [0.25, 0.3) is 0 Å². The number of allylic oxidation sites excluding steroid dienone is 2. The number of hydrogen-bond donors (Lipinski definition) is 2. The third-order valence-corrected chi connectivity index (χ3v) is 4.56. The molecule has 2 aliphatic heterocycles. The molecule has 0 aromatic carbocycles. The van der Waals surface area contributed by atoms with E-state index in [-0.39, 0.29) is 17.9 Å². The van der Waals surface area contributed by atoms with Gasteiger partial charge >= 0.3 is 6.09 Å². The molecule has 0 radical (unpaired) electrons. The van der Waals surface area contributed by atoms with E-state index in [1.54, 1.807) is 7.05 Å². The third kappa shape index (κ3) is 3.05. The van der Waals surface area contributed by atoms with Crippen molar-refractivity contribution in [2.24, 2.45) is 5.92 Å². The van der Waals surface area contributed by atoms with Crippen LogP contribution in [0.4, 0.5) is 4.79 Å². The fourth-order valence-electron chi connectivity index (χ4n) is 3.49. The summed E-state index contributed by atoms with van der Waals surface area (Å²) < 4.78 is 5.50. The molecule has 3 aliphatic rings. The molecule has 0 saturated carbocycles. The molecule has 3 rings (SSSR count). The number of rotatable bonds is 1. The molecule has 0 fully saturated rings. The number of fused-ring (bicyclic) bond motifs is 2. The van der Waals surface area contributed by atoms with Crippen LogP contribution in [-0.2, 0) is 9.53 Å². The van der Waals surface area contributed by atoms with Crippen LogP contribution in [0.2, 0.25) is 0 Å². The summed E-state index contributed by atoms with van der Waals surface area (Å²) in [5.74, 6) is 0.101. The van der Waals surface area contributed by atoms with Gasteiger partial charge in [0.2, 0.25) is 5.91 Å². The van der Waals surface area contributed by atoms with Crippen molar-refractivity contribution < 1.29 is 14.3 Å². The van der Waals surface area contributed by atoms with Gasteiger partial charge in [0.05, 0.1) is 12.6 Å². The highest BCUT2D eigenvalue weighted by Gasteiger charge is 2.43. The fourth-order valence-corrected chi connectivity index (χ4v) is 3.49. The Morgan fingerprint density at radius 2 is 2.00 bits per heavy atom. The predicted molar refractivity (Wildman–Crippen MR) is 91.1 cm³/mol. The maximum atomic E-state index is 12.6. The van der Waals surface area contributed by atoms with Gasteiger partial charge in [0.25, 0.3) is 0 Å². The lowest BCUT2D eigenvalue weighted by Crippen LogP contribution is -2.53. The average molecular weight is 331 g/mol. The zero-order valence-electron chi connectivity index (χ0n) is 14.6. The zero-order valence-corrected chi connectivity index (χ0v) is 14.6. The van der Waals surface area contributed by atoms with Crippen LogP contribution in [0, 0.1) is 5.92 Å². The molecule has 0 saturated heterocycles. The van der Waals surface area contributed by atoms with Crippen LogP contribution in [0.5, 0.6) is 0 Å². The maximum absolute atomic E-state index is 12.6. The van der Waals surface area contributed by atoms with Crippen LogP contribution >= 0.6 is 0 Å². The van der Waals surface area contributed by atoms with Crippen molar-refractivity contribution in [3.05, 3.63) is 35.6 Å². The smallest absolute Gasteiger partial charge is 0.411 e. The number of likely N-dealkylation sites (N-methyl/N-ethyl adjacent to an activating group) is 1. The molecule has 6 heteroatoms. The Labute approximate surface area is 142 Å². The lowest BCUT2D eigenvalue weighted by atomic mass is 9.85. The van der Waals surface area contributed by atoms with Gasteiger partial charge < -0.3 is 15.4 Å². The van der Waals surface area contributed by atoms with Crippen LogP contribution in [0.1, 0.15) is 27.2 Å². The number of amides is 2. The summed E-state index contributed by atoms with van der Waals surface area (Å²) in [6.45, 7) is 5.85. The largest absolute Gasteiger partial charge is 0.444 e. The Morgan fingerprint density at radius 3 is 2.67 bits per heavy atom. The Bertz CT molecular complexity index is 642. The molecule has 24 heavy (non-hydrogen) atoms. The van der Waals surface area contributed by atoms with E-state index in [9.17, 15) is 9.59 Å². The normalized spacial score (nSPS) is 28.2. The Kier molecular flexibility index (Phi) is 4.15. The van der Waals surface area contributed by atoms with Gasteiger partial charge in [-0.15, -0.1) is 0 Å². The minimum Gasteiger partial charge on any atom is -0.444 e. The van der Waals surface area contributed by atoms with Gasteiger partial charge in [-0.3, -0.25) is 9.69 Å². The van der Waals surface area contributed by atoms with Gasteiger partial charge in [-0.2, -0.15) is 0 Å². The molecule has 2 heterocycles. The summed E-state index contributed by atoms with van der Waals surface area (Å²) in [6, 6.07) is -0.326. The van der Waals surface area contributed by atoms with E-state index < -0.39 is 17.7 Å². The Morgan fingerprint density at radius 1 is 1.29 bits per heavy atom. The number of nitrogens with zero attached hydrogens (tertiary/aromatic N) is 1. The first kappa shape index (κ1) is 16.6. The minimum absolute atomic E-state index is 0.161. The highest BCUT2D eigenvalue weighted by atomic mass is 16.6. The SMILES string of the molecule is CNC(=O)[C@H]1CC2=C(CN1C(=O)OC(C)(C)C)NC1C=CC=CC21. The zero-order chi connectivity index (χ0) is 17.5. The Balaban J connectivity index is 1.87. The van der Waals surface area contributed by atoms with Gasteiger partial charge in [0.15, 0.2) is 0 Å². The van der Waals surface area contributed by atoms with E-state index in [2.05, 4.69) is 22.8 Å². The van der Waals surface area contributed by atoms with Gasteiger partial charge in [-0.05, 0) is 26.3 Å². The molecule has 2 N–H and O–H groups in total. The number of hydrogen-bond acceptors (Lipinski definition) is 4. The fraction of sp³-hybridized carbons (Fsp3) is 0.556. The molecule has 2 unspecified atom stereocenters. The summed E-state index contributed by atoms with van der Waals surface area (Å²) in [7, 11) is 1.60. The summed E-state index contributed by atoms with van der Waals surface area (Å²) in [5, 5.41) is 6.15. The number of nitrogens with one attached hydrogen (secondary N) is 2. The van der Waals surface area contributed by atoms with Crippen molar-refractivity contribution in [3.8, 4) is 0 Å². The average Bonchev–Trinajstić information content (AvgIpc) is 2.89. The predicted octanol–water partition coefficient (Wildman–Crippen LogP) is 1.71. The molecule has 0 aromatic rings. The van der Waals surface area contributed by atoms with E-state index in [0.717, 1.165) is 5.70 Å². The molecule has 0 bridgehead atoms. The van der Waals surface area contributed by atoms with Crippen molar-refractivity contribution in [2.45, 2.75) is 44.9 Å². The molecule has 130 valence electrons. The summed E-state index contributed by atoms with van der Waals surface area (Å²) in [6.07, 6.45) is 8.41. The number of ether oxygens (including phenoxy) is 1. The van der Waals surface area contributed by atoms with Crippen LogP contribution in [-0.4, -0.2) is 48.2 Å². The highest BCUT2D eigenvalue weighted by Crippen LogP contribution is 2.37. The topological polar surface area (TPSA) is 70.7 Å². The molecular formula is C18H25N3O3. The molecule has 1 aliphatic carbocycles. The highest BCUT2D eigenvalue weighted by molar-refractivity contribution is 5.86. The molecule has 6 nitrogen and oxygen atoms in total. The molecule has 0 aromatic heterocycles. The van der Waals surface area contributed by atoms with Crippen molar-refractivity contribution >= 4 is 12.0 Å². The van der Waals surface area contributed by atoms with Crippen molar-refractivity contribution in [2.75, 3.05) is 13.6 Å². The minimum atomic E-state index is -0.596. The first-order chi connectivity index (χ1) is 11.3. The standard InChI is InChI=1S/C18H25N3O3/c1-18(2,3)24-17(23)21-10-14-12(9-15(21)16(22)19-4)11-7-5-6-8-13(11)20-14/h5-8,11,13,15,20H,9-10H2,1-4H3,(H,19,22)/t11?,13?,15-/m1/s1. The maximum Gasteiger partial charge on any atom is 0.411 e.